The van der Waals surface area contributed by atoms with Gasteiger partial charge in [0.05, 0.1) is 6.10 Å². The van der Waals surface area contributed by atoms with Crippen LogP contribution in [-0.4, -0.2) is 28.6 Å². The molecule has 1 fully saturated rings. The van der Waals surface area contributed by atoms with Crippen molar-refractivity contribution in [2.45, 2.75) is 63.6 Å². The minimum Gasteiger partial charge on any atom is -0.387 e. The minimum absolute atomic E-state index is 0.294. The third kappa shape index (κ3) is 2.44. The predicted molar refractivity (Wildman–Crippen MR) is 78.1 cm³/mol. The molecule has 3 atom stereocenters. The SMILES string of the molecule is CCC1CCCCN1C1CCc2ccccc2C1O. The molecule has 0 aromatic heterocycles. The zero-order valence-corrected chi connectivity index (χ0v) is 11.9. The van der Waals surface area contributed by atoms with Crippen molar-refractivity contribution in [1.82, 2.24) is 4.90 Å². The van der Waals surface area contributed by atoms with Crippen molar-refractivity contribution in [3.63, 3.8) is 0 Å². The van der Waals surface area contributed by atoms with E-state index in [4.69, 9.17) is 0 Å². The lowest BCUT2D eigenvalue weighted by atomic mass is 9.83. The van der Waals surface area contributed by atoms with E-state index in [1.54, 1.807) is 0 Å². The number of aliphatic hydroxyl groups excluding tert-OH is 1. The van der Waals surface area contributed by atoms with E-state index in [-0.39, 0.29) is 6.10 Å². The van der Waals surface area contributed by atoms with Crippen LogP contribution in [-0.2, 0) is 6.42 Å². The Morgan fingerprint density at radius 1 is 1.21 bits per heavy atom. The molecule has 19 heavy (non-hydrogen) atoms. The molecule has 0 bridgehead atoms. The topological polar surface area (TPSA) is 23.5 Å². The van der Waals surface area contributed by atoms with Gasteiger partial charge in [0.2, 0.25) is 0 Å². The molecule has 0 radical (unpaired) electrons. The van der Waals surface area contributed by atoms with E-state index in [0.29, 0.717) is 12.1 Å². The molecule has 0 amide bonds. The third-order valence-corrected chi connectivity index (χ3v) is 5.02. The summed E-state index contributed by atoms with van der Waals surface area (Å²) in [4.78, 5) is 2.60. The maximum Gasteiger partial charge on any atom is 0.0948 e. The Hall–Kier alpha value is -0.860. The van der Waals surface area contributed by atoms with Crippen molar-refractivity contribution in [1.29, 1.82) is 0 Å². The monoisotopic (exact) mass is 259 g/mol. The lowest BCUT2D eigenvalue weighted by Gasteiger charge is -2.45. The molecule has 1 heterocycles. The van der Waals surface area contributed by atoms with Gasteiger partial charge in [-0.2, -0.15) is 0 Å². The van der Waals surface area contributed by atoms with Crippen LogP contribution in [0.1, 0.15) is 56.3 Å². The molecule has 1 aliphatic heterocycles. The summed E-state index contributed by atoms with van der Waals surface area (Å²) in [6, 6.07) is 9.43. The van der Waals surface area contributed by atoms with E-state index >= 15 is 0 Å². The number of benzene rings is 1. The fraction of sp³-hybridized carbons (Fsp3) is 0.647. The van der Waals surface area contributed by atoms with Crippen LogP contribution < -0.4 is 0 Å². The van der Waals surface area contributed by atoms with Gasteiger partial charge in [-0.05, 0) is 49.8 Å². The number of hydrogen-bond acceptors (Lipinski definition) is 2. The Morgan fingerprint density at radius 2 is 2.05 bits per heavy atom. The summed E-state index contributed by atoms with van der Waals surface area (Å²) in [7, 11) is 0. The van der Waals surface area contributed by atoms with Gasteiger partial charge in [0.1, 0.15) is 0 Å². The largest absolute Gasteiger partial charge is 0.387 e. The van der Waals surface area contributed by atoms with Gasteiger partial charge in [0.25, 0.3) is 0 Å². The van der Waals surface area contributed by atoms with Crippen molar-refractivity contribution >= 4 is 0 Å². The number of aliphatic hydroxyl groups is 1. The highest BCUT2D eigenvalue weighted by Gasteiger charge is 2.35. The minimum atomic E-state index is -0.294. The van der Waals surface area contributed by atoms with Gasteiger partial charge >= 0.3 is 0 Å². The summed E-state index contributed by atoms with van der Waals surface area (Å²) in [5.41, 5.74) is 2.51. The summed E-state index contributed by atoms with van der Waals surface area (Å²) in [5, 5.41) is 10.7. The Kier molecular flexibility index (Phi) is 3.90. The molecule has 2 heteroatoms. The molecule has 1 N–H and O–H groups in total. The first kappa shape index (κ1) is 13.1. The summed E-state index contributed by atoms with van der Waals surface area (Å²) >= 11 is 0. The summed E-state index contributed by atoms with van der Waals surface area (Å²) in [6.07, 6.45) is 7.10. The Balaban J connectivity index is 1.82. The highest BCUT2D eigenvalue weighted by Crippen LogP contribution is 2.36. The second kappa shape index (κ2) is 5.64. The first-order chi connectivity index (χ1) is 9.31. The highest BCUT2D eigenvalue weighted by atomic mass is 16.3. The van der Waals surface area contributed by atoms with E-state index in [9.17, 15) is 5.11 Å². The third-order valence-electron chi connectivity index (χ3n) is 5.02. The van der Waals surface area contributed by atoms with Crippen LogP contribution in [0.5, 0.6) is 0 Å². The average Bonchev–Trinajstić information content (AvgIpc) is 2.48. The Bertz CT molecular complexity index is 431. The molecule has 104 valence electrons. The molecule has 0 saturated carbocycles. The van der Waals surface area contributed by atoms with Crippen molar-refractivity contribution < 1.29 is 5.11 Å². The zero-order chi connectivity index (χ0) is 13.2. The fourth-order valence-electron chi connectivity index (χ4n) is 3.96. The van der Waals surface area contributed by atoms with Crippen LogP contribution in [0.25, 0.3) is 0 Å². The first-order valence-corrected chi connectivity index (χ1v) is 7.83. The Labute approximate surface area is 116 Å². The molecule has 1 aromatic rings. The molecule has 3 rings (SSSR count). The number of rotatable bonds is 2. The number of fused-ring (bicyclic) bond motifs is 1. The molecule has 1 aromatic carbocycles. The van der Waals surface area contributed by atoms with Crippen LogP contribution in [0.15, 0.2) is 24.3 Å². The van der Waals surface area contributed by atoms with E-state index in [1.807, 2.05) is 0 Å². The Morgan fingerprint density at radius 3 is 2.89 bits per heavy atom. The van der Waals surface area contributed by atoms with E-state index in [2.05, 4.69) is 36.1 Å². The smallest absolute Gasteiger partial charge is 0.0948 e. The van der Waals surface area contributed by atoms with Crippen LogP contribution >= 0.6 is 0 Å². The number of likely N-dealkylation sites (tertiary alicyclic amines) is 1. The van der Waals surface area contributed by atoms with Crippen molar-refractivity contribution in [3.05, 3.63) is 35.4 Å². The summed E-state index contributed by atoms with van der Waals surface area (Å²) < 4.78 is 0. The molecular formula is C17H25NO. The zero-order valence-electron chi connectivity index (χ0n) is 11.9. The lowest BCUT2D eigenvalue weighted by molar-refractivity contribution is -0.00425. The second-order valence-electron chi connectivity index (χ2n) is 6.05. The molecule has 2 aliphatic rings. The van der Waals surface area contributed by atoms with E-state index < -0.39 is 0 Å². The quantitative estimate of drug-likeness (QED) is 0.881. The van der Waals surface area contributed by atoms with Gasteiger partial charge < -0.3 is 5.11 Å². The molecule has 2 nitrogen and oxygen atoms in total. The lowest BCUT2D eigenvalue weighted by Crippen LogP contribution is -2.50. The van der Waals surface area contributed by atoms with Gasteiger partial charge in [0.15, 0.2) is 0 Å². The van der Waals surface area contributed by atoms with Crippen molar-refractivity contribution in [3.8, 4) is 0 Å². The van der Waals surface area contributed by atoms with Gasteiger partial charge in [-0.1, -0.05) is 37.6 Å². The molecule has 3 unspecified atom stereocenters. The van der Waals surface area contributed by atoms with Crippen molar-refractivity contribution in [2.75, 3.05) is 6.54 Å². The normalized spacial score (nSPS) is 32.0. The highest BCUT2D eigenvalue weighted by molar-refractivity contribution is 5.32. The van der Waals surface area contributed by atoms with Gasteiger partial charge in [-0.3, -0.25) is 4.90 Å². The molecular weight excluding hydrogens is 234 g/mol. The maximum atomic E-state index is 10.7. The maximum absolute atomic E-state index is 10.7. The second-order valence-corrected chi connectivity index (χ2v) is 6.05. The van der Waals surface area contributed by atoms with E-state index in [0.717, 1.165) is 12.8 Å². The van der Waals surface area contributed by atoms with Crippen LogP contribution in [0.3, 0.4) is 0 Å². The molecule has 1 saturated heterocycles. The standard InChI is InChI=1S/C17H25NO/c1-2-14-8-5-6-12-18(14)16-11-10-13-7-3-4-9-15(13)17(16)19/h3-4,7,9,14,16-17,19H,2,5-6,8,10-12H2,1H3. The number of nitrogens with zero attached hydrogens (tertiary/aromatic N) is 1. The molecule has 1 aliphatic carbocycles. The van der Waals surface area contributed by atoms with Crippen LogP contribution in [0.2, 0.25) is 0 Å². The fourth-order valence-corrected chi connectivity index (χ4v) is 3.96. The summed E-state index contributed by atoms with van der Waals surface area (Å²) in [5.74, 6) is 0. The molecule has 0 spiro atoms. The van der Waals surface area contributed by atoms with Gasteiger partial charge in [-0.15, -0.1) is 0 Å². The average molecular weight is 259 g/mol. The summed E-state index contributed by atoms with van der Waals surface area (Å²) in [6.45, 7) is 3.45. The van der Waals surface area contributed by atoms with Crippen LogP contribution in [0.4, 0.5) is 0 Å². The van der Waals surface area contributed by atoms with Crippen molar-refractivity contribution in [2.24, 2.45) is 0 Å². The van der Waals surface area contributed by atoms with Crippen LogP contribution in [0, 0.1) is 0 Å². The van der Waals surface area contributed by atoms with E-state index in [1.165, 1.54) is 43.4 Å². The van der Waals surface area contributed by atoms with Gasteiger partial charge in [0, 0.05) is 12.1 Å². The first-order valence-electron chi connectivity index (χ1n) is 7.83. The number of hydrogen-bond donors (Lipinski definition) is 1. The number of aryl methyl sites for hydroxylation is 1. The predicted octanol–water partition coefficient (Wildman–Crippen LogP) is 3.30. The van der Waals surface area contributed by atoms with Gasteiger partial charge in [-0.25, -0.2) is 0 Å². The number of piperidine rings is 1.